The number of halogens is 1. The quantitative estimate of drug-likeness (QED) is 0.846. The Hall–Kier alpha value is -1.81. The first-order valence-corrected chi connectivity index (χ1v) is 6.82. The Bertz CT molecular complexity index is 552. The Morgan fingerprint density at radius 1 is 1.11 bits per heavy atom. The molecule has 0 radical (unpaired) electrons. The minimum atomic E-state index is -1.10. The van der Waals surface area contributed by atoms with Crippen LogP contribution in [0.3, 0.4) is 0 Å². The summed E-state index contributed by atoms with van der Waals surface area (Å²) in [5.41, 5.74) is 1.81. The second kappa shape index (κ2) is 6.21. The average molecular weight is 261 g/mol. The van der Waals surface area contributed by atoms with Crippen LogP contribution in [0.5, 0.6) is 0 Å². The molecular formula is C14H12FNOS. The number of hydrogen-bond acceptors (Lipinski definition) is 2. The Balaban J connectivity index is 1.97. The Kier molecular flexibility index (Phi) is 4.36. The predicted molar refractivity (Wildman–Crippen MR) is 71.5 cm³/mol. The van der Waals surface area contributed by atoms with E-state index in [4.69, 9.17) is 0 Å². The lowest BCUT2D eigenvalue weighted by Gasteiger charge is -1.98. The van der Waals surface area contributed by atoms with Crippen molar-refractivity contribution >= 4 is 16.9 Å². The first-order valence-electron chi connectivity index (χ1n) is 5.44. The first-order chi connectivity index (χ1) is 8.74. The number of nitrogens with zero attached hydrogens (tertiary/aromatic N) is 1. The second-order valence-electron chi connectivity index (χ2n) is 3.73. The molecule has 1 atom stereocenters. The standard InChI is InChI=1S/C14H12FNOS/c15-14-3-1-13(2-4-14)11-18(17)10-7-12-5-8-16-9-6-12/h1-10H,11H2/b10-7+. The van der Waals surface area contributed by atoms with Gasteiger partial charge in [-0.3, -0.25) is 9.19 Å². The molecule has 0 amide bonds. The van der Waals surface area contributed by atoms with E-state index in [2.05, 4.69) is 4.98 Å². The van der Waals surface area contributed by atoms with Gasteiger partial charge < -0.3 is 0 Å². The van der Waals surface area contributed by atoms with Gasteiger partial charge in [-0.1, -0.05) is 12.1 Å². The zero-order chi connectivity index (χ0) is 12.8. The van der Waals surface area contributed by atoms with Crippen LogP contribution in [0.25, 0.3) is 6.08 Å². The first kappa shape index (κ1) is 12.6. The molecule has 0 fully saturated rings. The lowest BCUT2D eigenvalue weighted by atomic mass is 10.2. The summed E-state index contributed by atoms with van der Waals surface area (Å²) < 4.78 is 24.5. The maximum absolute atomic E-state index is 12.7. The van der Waals surface area contributed by atoms with Crippen molar-refractivity contribution in [3.63, 3.8) is 0 Å². The SMILES string of the molecule is O=S(/C=C/c1ccncc1)Cc1ccc(F)cc1. The molecule has 18 heavy (non-hydrogen) atoms. The Morgan fingerprint density at radius 3 is 2.44 bits per heavy atom. The van der Waals surface area contributed by atoms with E-state index < -0.39 is 10.8 Å². The molecule has 4 heteroatoms. The van der Waals surface area contributed by atoms with Crippen molar-refractivity contribution in [2.24, 2.45) is 0 Å². The lowest BCUT2D eigenvalue weighted by Crippen LogP contribution is -1.91. The molecule has 1 aromatic heterocycles. The van der Waals surface area contributed by atoms with Gasteiger partial charge in [0, 0.05) is 17.8 Å². The van der Waals surface area contributed by atoms with Crippen molar-refractivity contribution in [1.82, 2.24) is 4.98 Å². The monoisotopic (exact) mass is 261 g/mol. The second-order valence-corrected chi connectivity index (χ2v) is 5.06. The number of hydrogen-bond donors (Lipinski definition) is 0. The van der Waals surface area contributed by atoms with Crippen molar-refractivity contribution in [3.8, 4) is 0 Å². The predicted octanol–water partition coefficient (Wildman–Crippen LogP) is 3.14. The summed E-state index contributed by atoms with van der Waals surface area (Å²) in [4.78, 5) is 3.90. The van der Waals surface area contributed by atoms with Gasteiger partial charge in [0.2, 0.25) is 0 Å². The smallest absolute Gasteiger partial charge is 0.123 e. The largest absolute Gasteiger partial charge is 0.265 e. The van der Waals surface area contributed by atoms with Crippen LogP contribution < -0.4 is 0 Å². The zero-order valence-electron chi connectivity index (χ0n) is 9.62. The maximum Gasteiger partial charge on any atom is 0.123 e. The highest BCUT2D eigenvalue weighted by atomic mass is 32.2. The van der Waals surface area contributed by atoms with Crippen LogP contribution in [0.1, 0.15) is 11.1 Å². The minimum Gasteiger partial charge on any atom is -0.265 e. The Labute approximate surface area is 108 Å². The van der Waals surface area contributed by atoms with Gasteiger partial charge in [-0.2, -0.15) is 0 Å². The van der Waals surface area contributed by atoms with Gasteiger partial charge in [0.15, 0.2) is 0 Å². The normalized spacial score (nSPS) is 12.7. The highest BCUT2D eigenvalue weighted by molar-refractivity contribution is 7.87. The fourth-order valence-corrected chi connectivity index (χ4v) is 2.35. The van der Waals surface area contributed by atoms with E-state index in [0.717, 1.165) is 11.1 Å². The lowest BCUT2D eigenvalue weighted by molar-refractivity contribution is 0.627. The van der Waals surface area contributed by atoms with Gasteiger partial charge in [0.05, 0.1) is 16.6 Å². The summed E-state index contributed by atoms with van der Waals surface area (Å²) in [6.07, 6.45) is 5.16. The third-order valence-electron chi connectivity index (χ3n) is 2.34. The van der Waals surface area contributed by atoms with Crippen LogP contribution in [-0.4, -0.2) is 9.19 Å². The van der Waals surface area contributed by atoms with Gasteiger partial charge in [-0.15, -0.1) is 0 Å². The van der Waals surface area contributed by atoms with Crippen molar-refractivity contribution in [3.05, 3.63) is 71.1 Å². The van der Waals surface area contributed by atoms with Gasteiger partial charge >= 0.3 is 0 Å². The van der Waals surface area contributed by atoms with E-state index in [0.29, 0.717) is 5.75 Å². The van der Waals surface area contributed by atoms with E-state index in [-0.39, 0.29) is 5.82 Å². The number of pyridine rings is 1. The molecule has 0 saturated heterocycles. The van der Waals surface area contributed by atoms with E-state index in [9.17, 15) is 8.60 Å². The van der Waals surface area contributed by atoms with Gasteiger partial charge in [-0.25, -0.2) is 4.39 Å². The van der Waals surface area contributed by atoms with Crippen molar-refractivity contribution in [1.29, 1.82) is 0 Å². The molecule has 1 aromatic carbocycles. The summed E-state index contributed by atoms with van der Waals surface area (Å²) in [6.45, 7) is 0. The molecule has 0 aliphatic heterocycles. The summed E-state index contributed by atoms with van der Waals surface area (Å²) in [5.74, 6) is 0.110. The van der Waals surface area contributed by atoms with E-state index in [1.165, 1.54) is 12.1 Å². The molecule has 1 unspecified atom stereocenters. The highest BCUT2D eigenvalue weighted by Gasteiger charge is 1.98. The molecule has 2 rings (SSSR count). The summed E-state index contributed by atoms with van der Waals surface area (Å²) in [7, 11) is -1.10. The van der Waals surface area contributed by atoms with E-state index in [1.54, 1.807) is 36.0 Å². The summed E-state index contributed by atoms with van der Waals surface area (Å²) >= 11 is 0. The fourth-order valence-electron chi connectivity index (χ4n) is 1.42. The van der Waals surface area contributed by atoms with Crippen LogP contribution >= 0.6 is 0 Å². The van der Waals surface area contributed by atoms with Crippen molar-refractivity contribution in [2.45, 2.75) is 5.75 Å². The molecule has 2 aromatic rings. The maximum atomic E-state index is 12.7. The van der Waals surface area contributed by atoms with Crippen molar-refractivity contribution in [2.75, 3.05) is 0 Å². The van der Waals surface area contributed by atoms with Crippen molar-refractivity contribution < 1.29 is 8.60 Å². The molecule has 0 aliphatic carbocycles. The number of aromatic nitrogens is 1. The summed E-state index contributed by atoms with van der Waals surface area (Å²) in [6, 6.07) is 9.72. The van der Waals surface area contributed by atoms with Crippen LogP contribution in [0.2, 0.25) is 0 Å². The Morgan fingerprint density at radius 2 is 1.78 bits per heavy atom. The molecule has 2 nitrogen and oxygen atoms in total. The fraction of sp³-hybridized carbons (Fsp3) is 0.0714. The molecule has 1 heterocycles. The molecule has 92 valence electrons. The third kappa shape index (κ3) is 3.89. The molecule has 0 saturated carbocycles. The molecule has 0 bridgehead atoms. The molecule has 0 spiro atoms. The van der Waals surface area contributed by atoms with Crippen LogP contribution in [0.15, 0.2) is 54.2 Å². The van der Waals surface area contributed by atoms with Gasteiger partial charge in [0.25, 0.3) is 0 Å². The summed E-state index contributed by atoms with van der Waals surface area (Å²) in [5, 5.41) is 1.64. The van der Waals surface area contributed by atoms with Crippen LogP contribution in [0, 0.1) is 5.82 Å². The molecule has 0 aliphatic rings. The van der Waals surface area contributed by atoms with E-state index in [1.807, 2.05) is 12.1 Å². The van der Waals surface area contributed by atoms with E-state index >= 15 is 0 Å². The molecule has 0 N–H and O–H groups in total. The number of rotatable bonds is 4. The number of benzene rings is 1. The van der Waals surface area contributed by atoms with Crippen LogP contribution in [-0.2, 0) is 16.6 Å². The van der Waals surface area contributed by atoms with Gasteiger partial charge in [-0.05, 0) is 41.5 Å². The minimum absolute atomic E-state index is 0.281. The van der Waals surface area contributed by atoms with Crippen LogP contribution in [0.4, 0.5) is 4.39 Å². The topological polar surface area (TPSA) is 30.0 Å². The molecular weight excluding hydrogens is 249 g/mol. The third-order valence-corrected chi connectivity index (χ3v) is 3.40. The van der Waals surface area contributed by atoms with Gasteiger partial charge in [0.1, 0.15) is 5.82 Å². The average Bonchev–Trinajstić information content (AvgIpc) is 2.40. The zero-order valence-corrected chi connectivity index (χ0v) is 10.4. The highest BCUT2D eigenvalue weighted by Crippen LogP contribution is 2.08.